The van der Waals surface area contributed by atoms with Crippen LogP contribution < -0.4 is 5.32 Å². The molecule has 4 heteroatoms. The van der Waals surface area contributed by atoms with Crippen LogP contribution in [0.5, 0.6) is 0 Å². The number of pyridine rings is 1. The predicted octanol–water partition coefficient (Wildman–Crippen LogP) is 3.76. The first-order valence-corrected chi connectivity index (χ1v) is 6.86. The van der Waals surface area contributed by atoms with Gasteiger partial charge in [0.1, 0.15) is 0 Å². The maximum absolute atomic E-state index is 11.6. The van der Waals surface area contributed by atoms with Crippen LogP contribution in [-0.2, 0) is 4.79 Å². The van der Waals surface area contributed by atoms with E-state index in [4.69, 9.17) is 0 Å². The van der Waals surface area contributed by atoms with Gasteiger partial charge in [0.15, 0.2) is 0 Å². The molecule has 0 aliphatic heterocycles. The highest BCUT2D eigenvalue weighted by molar-refractivity contribution is 6.09. The van der Waals surface area contributed by atoms with Crippen molar-refractivity contribution >= 4 is 33.4 Å². The van der Waals surface area contributed by atoms with Crippen molar-refractivity contribution in [2.45, 2.75) is 26.7 Å². The van der Waals surface area contributed by atoms with E-state index in [1.165, 1.54) is 5.39 Å². The number of H-pyrrole nitrogens is 1. The topological polar surface area (TPSA) is 57.8 Å². The highest BCUT2D eigenvalue weighted by atomic mass is 16.1. The van der Waals surface area contributed by atoms with Gasteiger partial charge >= 0.3 is 0 Å². The molecule has 2 N–H and O–H groups in total. The molecule has 20 heavy (non-hydrogen) atoms. The van der Waals surface area contributed by atoms with Crippen LogP contribution in [0.25, 0.3) is 21.8 Å². The van der Waals surface area contributed by atoms with E-state index in [0.29, 0.717) is 6.42 Å². The lowest BCUT2D eigenvalue weighted by Crippen LogP contribution is -2.10. The van der Waals surface area contributed by atoms with Gasteiger partial charge in [0.05, 0.1) is 11.2 Å². The van der Waals surface area contributed by atoms with Crippen LogP contribution in [0.4, 0.5) is 5.69 Å². The van der Waals surface area contributed by atoms with Gasteiger partial charge in [0.2, 0.25) is 5.91 Å². The van der Waals surface area contributed by atoms with Crippen molar-refractivity contribution in [3.63, 3.8) is 0 Å². The number of nitrogens with zero attached hydrogens (tertiary/aromatic N) is 1. The summed E-state index contributed by atoms with van der Waals surface area (Å²) >= 11 is 0. The molecule has 0 unspecified atom stereocenters. The van der Waals surface area contributed by atoms with Crippen molar-refractivity contribution in [3.05, 3.63) is 36.2 Å². The second-order valence-electron chi connectivity index (χ2n) is 5.00. The van der Waals surface area contributed by atoms with Crippen LogP contribution in [0, 0.1) is 6.92 Å². The molecule has 0 saturated carbocycles. The number of carbonyl (C=O) groups excluding carboxylic acids is 1. The predicted molar refractivity (Wildman–Crippen MR) is 81.9 cm³/mol. The van der Waals surface area contributed by atoms with Crippen LogP contribution in [0.2, 0.25) is 0 Å². The van der Waals surface area contributed by atoms with Crippen LogP contribution >= 0.6 is 0 Å². The quantitative estimate of drug-likeness (QED) is 0.759. The van der Waals surface area contributed by atoms with E-state index in [1.807, 2.05) is 44.3 Å². The molecule has 0 spiro atoms. The Kier molecular flexibility index (Phi) is 3.14. The van der Waals surface area contributed by atoms with Gasteiger partial charge in [0, 0.05) is 34.6 Å². The smallest absolute Gasteiger partial charge is 0.224 e. The molecule has 0 fully saturated rings. The third-order valence-electron chi connectivity index (χ3n) is 3.47. The highest BCUT2D eigenvalue weighted by Gasteiger charge is 2.08. The third-order valence-corrected chi connectivity index (χ3v) is 3.47. The molecule has 0 aliphatic rings. The first kappa shape index (κ1) is 12.7. The monoisotopic (exact) mass is 267 g/mol. The summed E-state index contributed by atoms with van der Waals surface area (Å²) in [5, 5.41) is 5.24. The molecule has 2 aromatic heterocycles. The molecule has 0 radical (unpaired) electrons. The second-order valence-corrected chi connectivity index (χ2v) is 5.00. The number of hydrogen-bond acceptors (Lipinski definition) is 2. The molecule has 0 aliphatic carbocycles. The fraction of sp³-hybridized carbons (Fsp3) is 0.250. The zero-order chi connectivity index (χ0) is 14.1. The van der Waals surface area contributed by atoms with Gasteiger partial charge in [0.25, 0.3) is 0 Å². The van der Waals surface area contributed by atoms with Gasteiger partial charge in [-0.25, -0.2) is 0 Å². The largest absolute Gasteiger partial charge is 0.353 e. The Bertz CT molecular complexity index is 789. The number of fused-ring (bicyclic) bond motifs is 3. The summed E-state index contributed by atoms with van der Waals surface area (Å²) in [6.07, 6.45) is 3.22. The fourth-order valence-corrected chi connectivity index (χ4v) is 2.49. The molecule has 102 valence electrons. The molecule has 2 heterocycles. The van der Waals surface area contributed by atoms with E-state index in [0.717, 1.165) is 34.2 Å². The summed E-state index contributed by atoms with van der Waals surface area (Å²) in [5.74, 6) is 0.0563. The SMILES string of the molecule is CCCC(=O)Nc1ccc2c(c1)[nH]c1c(C)nccc12. The Morgan fingerprint density at radius 3 is 2.95 bits per heavy atom. The Balaban J connectivity index is 2.05. The average molecular weight is 267 g/mol. The van der Waals surface area contributed by atoms with E-state index in [-0.39, 0.29) is 5.91 Å². The number of carbonyl (C=O) groups is 1. The third kappa shape index (κ3) is 2.13. The molecule has 3 rings (SSSR count). The zero-order valence-corrected chi connectivity index (χ0v) is 11.7. The Morgan fingerprint density at radius 1 is 1.30 bits per heavy atom. The minimum absolute atomic E-state index is 0.0563. The maximum Gasteiger partial charge on any atom is 0.224 e. The standard InChI is InChI=1S/C16H17N3O/c1-3-4-15(20)18-11-5-6-12-13-7-8-17-10(2)16(13)19-14(12)9-11/h5-9,19H,3-4H2,1-2H3,(H,18,20). The minimum Gasteiger partial charge on any atom is -0.353 e. The molecule has 0 atom stereocenters. The summed E-state index contributed by atoms with van der Waals surface area (Å²) in [5.41, 5.74) is 3.88. The van der Waals surface area contributed by atoms with Gasteiger partial charge in [-0.05, 0) is 31.5 Å². The van der Waals surface area contributed by atoms with E-state index in [2.05, 4.69) is 15.3 Å². The van der Waals surface area contributed by atoms with Crippen LogP contribution in [0.1, 0.15) is 25.5 Å². The molecule has 0 saturated heterocycles. The van der Waals surface area contributed by atoms with E-state index < -0.39 is 0 Å². The van der Waals surface area contributed by atoms with Crippen LogP contribution in [0.15, 0.2) is 30.5 Å². The van der Waals surface area contributed by atoms with Crippen molar-refractivity contribution < 1.29 is 4.79 Å². The van der Waals surface area contributed by atoms with Crippen molar-refractivity contribution in [3.8, 4) is 0 Å². The summed E-state index contributed by atoms with van der Waals surface area (Å²) in [7, 11) is 0. The van der Waals surface area contributed by atoms with E-state index >= 15 is 0 Å². The van der Waals surface area contributed by atoms with Gasteiger partial charge in [-0.1, -0.05) is 13.0 Å². The maximum atomic E-state index is 11.6. The van der Waals surface area contributed by atoms with Gasteiger partial charge in [-0.2, -0.15) is 0 Å². The van der Waals surface area contributed by atoms with Crippen LogP contribution in [-0.4, -0.2) is 15.9 Å². The molecule has 3 aromatic rings. The van der Waals surface area contributed by atoms with E-state index in [9.17, 15) is 4.79 Å². The Morgan fingerprint density at radius 2 is 2.15 bits per heavy atom. The van der Waals surface area contributed by atoms with Gasteiger partial charge < -0.3 is 10.3 Å². The first-order valence-electron chi connectivity index (χ1n) is 6.86. The number of benzene rings is 1. The van der Waals surface area contributed by atoms with Crippen molar-refractivity contribution in [2.24, 2.45) is 0 Å². The van der Waals surface area contributed by atoms with Gasteiger partial charge in [-0.15, -0.1) is 0 Å². The number of amides is 1. The molecule has 0 bridgehead atoms. The molecular formula is C16H17N3O. The number of aryl methyl sites for hydroxylation is 1. The zero-order valence-electron chi connectivity index (χ0n) is 11.7. The summed E-state index contributed by atoms with van der Waals surface area (Å²) < 4.78 is 0. The van der Waals surface area contributed by atoms with Crippen molar-refractivity contribution in [1.29, 1.82) is 0 Å². The fourth-order valence-electron chi connectivity index (χ4n) is 2.49. The number of anilines is 1. The van der Waals surface area contributed by atoms with Crippen LogP contribution in [0.3, 0.4) is 0 Å². The minimum atomic E-state index is 0.0563. The Labute approximate surface area is 117 Å². The Hall–Kier alpha value is -2.36. The molecule has 1 amide bonds. The molecular weight excluding hydrogens is 250 g/mol. The van der Waals surface area contributed by atoms with Gasteiger partial charge in [-0.3, -0.25) is 9.78 Å². The highest BCUT2D eigenvalue weighted by Crippen LogP contribution is 2.28. The number of aromatic amines is 1. The average Bonchev–Trinajstić information content (AvgIpc) is 2.78. The summed E-state index contributed by atoms with van der Waals surface area (Å²) in [4.78, 5) is 19.3. The van der Waals surface area contributed by atoms with E-state index in [1.54, 1.807) is 0 Å². The lowest BCUT2D eigenvalue weighted by molar-refractivity contribution is -0.116. The first-order chi connectivity index (χ1) is 9.69. The number of aromatic nitrogens is 2. The number of nitrogens with one attached hydrogen (secondary N) is 2. The summed E-state index contributed by atoms with van der Waals surface area (Å²) in [6, 6.07) is 7.97. The summed E-state index contributed by atoms with van der Waals surface area (Å²) in [6.45, 7) is 3.98. The lowest BCUT2D eigenvalue weighted by Gasteiger charge is -2.04. The lowest BCUT2D eigenvalue weighted by atomic mass is 10.1. The normalized spacial score (nSPS) is 11.1. The van der Waals surface area contributed by atoms with Crippen molar-refractivity contribution in [2.75, 3.05) is 5.32 Å². The molecule has 4 nitrogen and oxygen atoms in total. The second kappa shape index (κ2) is 4.96. The molecule has 1 aromatic carbocycles. The van der Waals surface area contributed by atoms with Crippen molar-refractivity contribution in [1.82, 2.24) is 9.97 Å². The number of rotatable bonds is 3. The number of hydrogen-bond donors (Lipinski definition) is 2.